The van der Waals surface area contributed by atoms with Crippen molar-refractivity contribution in [2.45, 2.75) is 38.3 Å². The molecule has 3 heteroatoms. The minimum absolute atomic E-state index is 0.313. The van der Waals surface area contributed by atoms with E-state index in [-0.39, 0.29) is 0 Å². The largest absolute Gasteiger partial charge is 0.488 e. The summed E-state index contributed by atoms with van der Waals surface area (Å²) in [5.41, 5.74) is 1.35. The second-order valence-corrected chi connectivity index (χ2v) is 5.62. The van der Waals surface area contributed by atoms with Crippen molar-refractivity contribution in [3.63, 3.8) is 0 Å². The lowest BCUT2D eigenvalue weighted by Crippen LogP contribution is -2.37. The Hall–Kier alpha value is -1.06. The van der Waals surface area contributed by atoms with Gasteiger partial charge in [-0.1, -0.05) is 25.1 Å². The van der Waals surface area contributed by atoms with Crippen LogP contribution in [0.4, 0.5) is 0 Å². The fourth-order valence-corrected chi connectivity index (χ4v) is 2.89. The summed E-state index contributed by atoms with van der Waals surface area (Å²) in [4.78, 5) is 2.58. The first kappa shape index (κ1) is 12.9. The van der Waals surface area contributed by atoms with Gasteiger partial charge in [-0.3, -0.25) is 4.90 Å². The Bertz CT molecular complexity index is 392. The number of rotatable bonds is 7. The van der Waals surface area contributed by atoms with Gasteiger partial charge in [0.05, 0.1) is 0 Å². The van der Waals surface area contributed by atoms with Crippen LogP contribution in [0.25, 0.3) is 0 Å². The van der Waals surface area contributed by atoms with Gasteiger partial charge in [0.2, 0.25) is 0 Å². The maximum Gasteiger partial charge on any atom is 0.123 e. The smallest absolute Gasteiger partial charge is 0.123 e. The van der Waals surface area contributed by atoms with Gasteiger partial charge >= 0.3 is 0 Å². The average Bonchev–Trinajstić information content (AvgIpc) is 3.18. The van der Waals surface area contributed by atoms with Crippen molar-refractivity contribution < 1.29 is 4.74 Å². The zero-order chi connectivity index (χ0) is 13.1. The van der Waals surface area contributed by atoms with Gasteiger partial charge in [-0.25, -0.2) is 0 Å². The van der Waals surface area contributed by atoms with Gasteiger partial charge in [0.15, 0.2) is 0 Å². The van der Waals surface area contributed by atoms with Crippen LogP contribution in [-0.2, 0) is 6.42 Å². The van der Waals surface area contributed by atoms with Crippen LogP contribution in [0.2, 0.25) is 0 Å². The molecule has 1 fully saturated rings. The maximum atomic E-state index is 5.92. The van der Waals surface area contributed by atoms with E-state index in [1.165, 1.54) is 31.5 Å². The highest BCUT2D eigenvalue weighted by molar-refractivity contribution is 5.37. The molecule has 0 amide bonds. The molecule has 0 saturated heterocycles. The second-order valence-electron chi connectivity index (χ2n) is 5.62. The summed E-state index contributed by atoms with van der Waals surface area (Å²) >= 11 is 0. The topological polar surface area (TPSA) is 24.5 Å². The van der Waals surface area contributed by atoms with Crippen LogP contribution < -0.4 is 10.1 Å². The van der Waals surface area contributed by atoms with Gasteiger partial charge in [-0.05, 0) is 31.0 Å². The molecule has 1 aromatic carbocycles. The third kappa shape index (κ3) is 3.28. The molecule has 1 atom stereocenters. The fraction of sp³-hybridized carbons (Fsp3) is 0.625. The van der Waals surface area contributed by atoms with E-state index in [1.807, 2.05) is 6.07 Å². The number of likely N-dealkylation sites (N-methyl/N-ethyl adjacent to an activating group) is 1. The summed E-state index contributed by atoms with van der Waals surface area (Å²) in [6.45, 7) is 6.63. The summed E-state index contributed by atoms with van der Waals surface area (Å²) in [5.74, 6) is 1.07. The predicted octanol–water partition coefficient (Wildman–Crippen LogP) is 2.06. The Morgan fingerprint density at radius 2 is 2.16 bits per heavy atom. The van der Waals surface area contributed by atoms with E-state index in [0.717, 1.165) is 31.3 Å². The van der Waals surface area contributed by atoms with Crippen molar-refractivity contribution in [1.82, 2.24) is 10.2 Å². The number of nitrogens with one attached hydrogen (secondary N) is 1. The highest BCUT2D eigenvalue weighted by Gasteiger charge is 2.27. The molecule has 104 valence electrons. The van der Waals surface area contributed by atoms with Gasteiger partial charge in [0.25, 0.3) is 0 Å². The highest BCUT2D eigenvalue weighted by atomic mass is 16.5. The number of benzene rings is 1. The Morgan fingerprint density at radius 3 is 2.89 bits per heavy atom. The van der Waals surface area contributed by atoms with Crippen molar-refractivity contribution in [2.75, 3.05) is 26.2 Å². The molecule has 19 heavy (non-hydrogen) atoms. The average molecular weight is 260 g/mol. The van der Waals surface area contributed by atoms with E-state index in [9.17, 15) is 0 Å². The van der Waals surface area contributed by atoms with E-state index in [0.29, 0.717) is 6.10 Å². The molecule has 3 rings (SSSR count). The number of fused-ring (bicyclic) bond motifs is 1. The van der Waals surface area contributed by atoms with Crippen molar-refractivity contribution in [3.8, 4) is 5.75 Å². The summed E-state index contributed by atoms with van der Waals surface area (Å²) in [5, 5.41) is 3.54. The number of nitrogens with zero attached hydrogens (tertiary/aromatic N) is 1. The molecule has 0 bridgehead atoms. The molecule has 1 aliphatic heterocycles. The Kier molecular flexibility index (Phi) is 4.04. The molecule has 1 heterocycles. The van der Waals surface area contributed by atoms with Crippen LogP contribution in [0.1, 0.15) is 25.3 Å². The maximum absolute atomic E-state index is 5.92. The molecule has 0 radical (unpaired) electrons. The Morgan fingerprint density at radius 1 is 1.32 bits per heavy atom. The van der Waals surface area contributed by atoms with E-state index in [2.05, 4.69) is 35.3 Å². The number of hydrogen-bond acceptors (Lipinski definition) is 3. The molecule has 1 aromatic rings. The quantitative estimate of drug-likeness (QED) is 0.760. The standard InChI is InChI=1S/C16H24N2O/c1-2-18(14-7-8-14)10-9-17-12-15-11-13-5-3-4-6-16(13)19-15/h3-6,14-15,17H,2,7-12H2,1H3. The normalized spacial score (nSPS) is 21.5. The van der Waals surface area contributed by atoms with Gasteiger partial charge < -0.3 is 10.1 Å². The van der Waals surface area contributed by atoms with Crippen LogP contribution in [-0.4, -0.2) is 43.2 Å². The molecule has 1 N–H and O–H groups in total. The van der Waals surface area contributed by atoms with Crippen LogP contribution in [0.5, 0.6) is 5.75 Å². The SMILES string of the molecule is CCN(CCNCC1Cc2ccccc2O1)C1CC1. The van der Waals surface area contributed by atoms with Crippen molar-refractivity contribution in [1.29, 1.82) is 0 Å². The summed E-state index contributed by atoms with van der Waals surface area (Å²) < 4.78 is 5.92. The molecule has 1 aliphatic carbocycles. The zero-order valence-corrected chi connectivity index (χ0v) is 11.8. The van der Waals surface area contributed by atoms with Gasteiger partial charge in [0, 0.05) is 32.1 Å². The summed E-state index contributed by atoms with van der Waals surface area (Å²) in [7, 11) is 0. The third-order valence-electron chi connectivity index (χ3n) is 4.13. The van der Waals surface area contributed by atoms with Gasteiger partial charge in [-0.15, -0.1) is 0 Å². The van der Waals surface area contributed by atoms with E-state index in [1.54, 1.807) is 0 Å². The molecule has 0 aromatic heterocycles. The molecule has 0 spiro atoms. The number of hydrogen-bond donors (Lipinski definition) is 1. The number of para-hydroxylation sites is 1. The van der Waals surface area contributed by atoms with E-state index in [4.69, 9.17) is 4.74 Å². The first-order chi connectivity index (χ1) is 9.36. The lowest BCUT2D eigenvalue weighted by atomic mass is 10.1. The monoisotopic (exact) mass is 260 g/mol. The summed E-state index contributed by atoms with van der Waals surface area (Å²) in [6.07, 6.45) is 4.15. The van der Waals surface area contributed by atoms with Crippen LogP contribution in [0.3, 0.4) is 0 Å². The minimum atomic E-state index is 0.313. The first-order valence-electron chi connectivity index (χ1n) is 7.56. The minimum Gasteiger partial charge on any atom is -0.488 e. The van der Waals surface area contributed by atoms with Gasteiger partial charge in [-0.2, -0.15) is 0 Å². The summed E-state index contributed by atoms with van der Waals surface area (Å²) in [6, 6.07) is 9.25. The molecule has 2 aliphatic rings. The van der Waals surface area contributed by atoms with Crippen LogP contribution in [0, 0.1) is 0 Å². The second kappa shape index (κ2) is 5.93. The Labute approximate surface area is 115 Å². The number of ether oxygens (including phenoxy) is 1. The molecule has 1 unspecified atom stereocenters. The van der Waals surface area contributed by atoms with Crippen LogP contribution in [0.15, 0.2) is 24.3 Å². The molecule has 1 saturated carbocycles. The van der Waals surface area contributed by atoms with E-state index >= 15 is 0 Å². The van der Waals surface area contributed by atoms with Crippen molar-refractivity contribution in [2.24, 2.45) is 0 Å². The molecular formula is C16H24N2O. The van der Waals surface area contributed by atoms with Gasteiger partial charge in [0.1, 0.15) is 11.9 Å². The molecule has 3 nitrogen and oxygen atoms in total. The first-order valence-corrected chi connectivity index (χ1v) is 7.56. The van der Waals surface area contributed by atoms with Crippen molar-refractivity contribution in [3.05, 3.63) is 29.8 Å². The predicted molar refractivity (Wildman–Crippen MR) is 77.7 cm³/mol. The van der Waals surface area contributed by atoms with Crippen molar-refractivity contribution >= 4 is 0 Å². The lowest BCUT2D eigenvalue weighted by Gasteiger charge is -2.20. The third-order valence-corrected chi connectivity index (χ3v) is 4.13. The zero-order valence-electron chi connectivity index (χ0n) is 11.8. The van der Waals surface area contributed by atoms with E-state index < -0.39 is 0 Å². The van der Waals surface area contributed by atoms with Crippen LogP contribution >= 0.6 is 0 Å². The fourth-order valence-electron chi connectivity index (χ4n) is 2.89. The molecular weight excluding hydrogens is 236 g/mol. The Balaban J connectivity index is 1.35. The highest BCUT2D eigenvalue weighted by Crippen LogP contribution is 2.28. The lowest BCUT2D eigenvalue weighted by molar-refractivity contribution is 0.220.